The van der Waals surface area contributed by atoms with Crippen molar-refractivity contribution >= 4 is 11.6 Å². The normalized spacial score (nSPS) is 42.8. The van der Waals surface area contributed by atoms with E-state index in [1.165, 1.54) is 6.08 Å². The Morgan fingerprint density at radius 3 is 1.90 bits per heavy atom. The largest absolute Gasteiger partial charge is 0.295 e. The SMILES string of the molecule is CC1=C[C@H]2[C@H](C)[C@](F)(C3CCCCC3)C(=O)/C=C(/C)C[C@@H]1C(=O)[C@@]2(F)C1CCCCC1. The number of rotatable bonds is 2. The van der Waals surface area contributed by atoms with Gasteiger partial charge >= 0.3 is 0 Å². The average molecular weight is 433 g/mol. The number of ketones is 2. The van der Waals surface area contributed by atoms with Crippen molar-refractivity contribution in [3.05, 3.63) is 23.3 Å². The second kappa shape index (κ2) is 8.56. The van der Waals surface area contributed by atoms with Crippen LogP contribution in [0.5, 0.6) is 0 Å². The van der Waals surface area contributed by atoms with Crippen molar-refractivity contribution in [3.8, 4) is 0 Å². The molecular formula is C27H38F2O2. The molecule has 0 heterocycles. The highest BCUT2D eigenvalue weighted by molar-refractivity contribution is 6.00. The standard InChI is InChI=1S/C27H38F2O2/c1-17-14-22-18(2)16-23(27(29,25(22)31)21-12-8-5-9-13-21)19(3)26(28,24(30)15-17)20-10-6-4-7-11-20/h15-16,19-23H,4-14H2,1-3H3/b17-15-/t19-,22-,23-,26-,27+/m0/s1. The quantitative estimate of drug-likeness (QED) is 0.446. The summed E-state index contributed by atoms with van der Waals surface area (Å²) in [6.07, 6.45) is 12.0. The van der Waals surface area contributed by atoms with E-state index in [9.17, 15) is 9.59 Å². The van der Waals surface area contributed by atoms with Gasteiger partial charge in [0.25, 0.3) is 0 Å². The van der Waals surface area contributed by atoms with Crippen molar-refractivity contribution in [2.75, 3.05) is 0 Å². The lowest BCUT2D eigenvalue weighted by Crippen LogP contribution is -2.60. The molecule has 0 aliphatic heterocycles. The van der Waals surface area contributed by atoms with Gasteiger partial charge in [0.05, 0.1) is 0 Å². The predicted octanol–water partition coefficient (Wildman–Crippen LogP) is 6.88. The smallest absolute Gasteiger partial charge is 0.193 e. The molecule has 5 atom stereocenters. The molecular weight excluding hydrogens is 394 g/mol. The van der Waals surface area contributed by atoms with Gasteiger partial charge in [-0.3, -0.25) is 9.59 Å². The van der Waals surface area contributed by atoms with Gasteiger partial charge in [0.15, 0.2) is 22.9 Å². The fourth-order valence-electron chi connectivity index (χ4n) is 7.21. The fraction of sp³-hybridized carbons (Fsp3) is 0.778. The van der Waals surface area contributed by atoms with Gasteiger partial charge in [0, 0.05) is 29.6 Å². The highest BCUT2D eigenvalue weighted by Crippen LogP contribution is 2.55. The van der Waals surface area contributed by atoms with E-state index in [-0.39, 0.29) is 11.7 Å². The summed E-state index contributed by atoms with van der Waals surface area (Å²) in [6.45, 7) is 5.38. The van der Waals surface area contributed by atoms with Crippen LogP contribution in [0.25, 0.3) is 0 Å². The van der Waals surface area contributed by atoms with E-state index in [0.29, 0.717) is 37.7 Å². The average Bonchev–Trinajstić information content (AvgIpc) is 2.78. The lowest BCUT2D eigenvalue weighted by atomic mass is 9.55. The number of carbonyl (C=O) groups is 2. The highest BCUT2D eigenvalue weighted by atomic mass is 19.1. The minimum atomic E-state index is -2.13. The lowest BCUT2D eigenvalue weighted by molar-refractivity contribution is -0.155. The molecule has 0 amide bonds. The highest BCUT2D eigenvalue weighted by Gasteiger charge is 2.63. The first-order valence-electron chi connectivity index (χ1n) is 12.5. The molecule has 0 aromatic rings. The maximum absolute atomic E-state index is 17.2. The van der Waals surface area contributed by atoms with Gasteiger partial charge in [-0.15, -0.1) is 0 Å². The van der Waals surface area contributed by atoms with Crippen molar-refractivity contribution in [2.24, 2.45) is 29.6 Å². The molecule has 0 N–H and O–H groups in total. The van der Waals surface area contributed by atoms with Crippen LogP contribution in [0, 0.1) is 29.6 Å². The zero-order valence-electron chi connectivity index (χ0n) is 19.4. The first kappa shape index (κ1) is 22.9. The number of Topliss-reactive ketones (excluding diaryl/α,β-unsaturated/α-hetero) is 1. The summed E-state index contributed by atoms with van der Waals surface area (Å²) in [7, 11) is 0. The lowest BCUT2D eigenvalue weighted by Gasteiger charge is -2.50. The number of hydrogen-bond acceptors (Lipinski definition) is 2. The van der Waals surface area contributed by atoms with Crippen molar-refractivity contribution in [1.29, 1.82) is 0 Å². The maximum atomic E-state index is 17.2. The van der Waals surface area contributed by atoms with Crippen LogP contribution in [0.3, 0.4) is 0 Å². The van der Waals surface area contributed by atoms with Crippen LogP contribution < -0.4 is 0 Å². The summed E-state index contributed by atoms with van der Waals surface area (Å²) in [5.74, 6) is -3.90. The zero-order chi connectivity index (χ0) is 22.4. The van der Waals surface area contributed by atoms with Gasteiger partial charge in [-0.2, -0.15) is 0 Å². The van der Waals surface area contributed by atoms with E-state index in [2.05, 4.69) is 0 Å². The van der Waals surface area contributed by atoms with Gasteiger partial charge < -0.3 is 0 Å². The van der Waals surface area contributed by atoms with Crippen molar-refractivity contribution in [1.82, 2.24) is 0 Å². The Kier molecular flexibility index (Phi) is 6.31. The minimum Gasteiger partial charge on any atom is -0.295 e. The van der Waals surface area contributed by atoms with Crippen LogP contribution in [0.2, 0.25) is 0 Å². The molecule has 2 fully saturated rings. The number of halogens is 2. The monoisotopic (exact) mass is 432 g/mol. The Morgan fingerprint density at radius 1 is 0.839 bits per heavy atom. The number of carbonyl (C=O) groups excluding carboxylic acids is 2. The molecule has 5 rings (SSSR count). The summed E-state index contributed by atoms with van der Waals surface area (Å²) in [6, 6.07) is 0. The number of allylic oxidation sites excluding steroid dienone is 4. The van der Waals surface area contributed by atoms with Crippen molar-refractivity contribution < 1.29 is 18.4 Å². The molecule has 5 aliphatic rings. The van der Waals surface area contributed by atoms with E-state index in [0.717, 1.165) is 44.1 Å². The molecule has 31 heavy (non-hydrogen) atoms. The fourth-order valence-corrected chi connectivity index (χ4v) is 7.21. The molecule has 0 radical (unpaired) electrons. The molecule has 4 heteroatoms. The third-order valence-corrected chi connectivity index (χ3v) is 9.05. The molecule has 0 aromatic heterocycles. The van der Waals surface area contributed by atoms with Crippen LogP contribution >= 0.6 is 0 Å². The zero-order valence-corrected chi connectivity index (χ0v) is 19.4. The van der Waals surface area contributed by atoms with Gasteiger partial charge in [0.2, 0.25) is 0 Å². The molecule has 5 aliphatic carbocycles. The van der Waals surface area contributed by atoms with Gasteiger partial charge in [-0.05, 0) is 52.0 Å². The van der Waals surface area contributed by atoms with Crippen LogP contribution in [0.1, 0.15) is 91.4 Å². The minimum absolute atomic E-state index is 0.313. The number of alkyl halides is 2. The summed E-state index contributed by atoms with van der Waals surface area (Å²) >= 11 is 0. The first-order valence-corrected chi connectivity index (χ1v) is 12.5. The molecule has 0 saturated heterocycles. The van der Waals surface area contributed by atoms with E-state index in [4.69, 9.17) is 0 Å². The van der Waals surface area contributed by atoms with E-state index in [1.54, 1.807) is 13.8 Å². The Hall–Kier alpha value is -1.32. The molecule has 0 spiro atoms. The molecule has 0 unspecified atom stereocenters. The number of hydrogen-bond donors (Lipinski definition) is 0. The van der Waals surface area contributed by atoms with Gasteiger partial charge in [0.1, 0.15) is 0 Å². The summed E-state index contributed by atoms with van der Waals surface area (Å²) < 4.78 is 34.3. The third kappa shape index (κ3) is 3.66. The summed E-state index contributed by atoms with van der Waals surface area (Å²) in [5, 5.41) is 0. The molecule has 2 saturated carbocycles. The maximum Gasteiger partial charge on any atom is 0.193 e. The van der Waals surface area contributed by atoms with Crippen molar-refractivity contribution in [2.45, 2.75) is 103 Å². The second-order valence-corrected chi connectivity index (χ2v) is 10.9. The van der Waals surface area contributed by atoms with E-state index < -0.39 is 40.8 Å². The van der Waals surface area contributed by atoms with Crippen LogP contribution in [-0.2, 0) is 9.59 Å². The van der Waals surface area contributed by atoms with Crippen LogP contribution in [-0.4, -0.2) is 22.9 Å². The van der Waals surface area contributed by atoms with Crippen LogP contribution in [0.4, 0.5) is 8.78 Å². The summed E-state index contributed by atoms with van der Waals surface area (Å²) in [5.41, 5.74) is -2.67. The Balaban J connectivity index is 1.87. The molecule has 2 nitrogen and oxygen atoms in total. The molecule has 0 aromatic carbocycles. The molecule has 172 valence electrons. The molecule has 2 bridgehead atoms. The Bertz CT molecular complexity index is 787. The topological polar surface area (TPSA) is 34.1 Å². The van der Waals surface area contributed by atoms with Gasteiger partial charge in [-0.1, -0.05) is 62.7 Å². The van der Waals surface area contributed by atoms with Gasteiger partial charge in [-0.25, -0.2) is 8.78 Å². The van der Waals surface area contributed by atoms with E-state index in [1.807, 2.05) is 13.0 Å². The Labute approximate surface area is 185 Å². The second-order valence-electron chi connectivity index (χ2n) is 10.9. The third-order valence-electron chi connectivity index (χ3n) is 9.05. The number of fused-ring (bicyclic) bond motifs is 5. The summed E-state index contributed by atoms with van der Waals surface area (Å²) in [4.78, 5) is 27.2. The Morgan fingerprint density at radius 2 is 1.35 bits per heavy atom. The first-order chi connectivity index (χ1) is 14.7. The van der Waals surface area contributed by atoms with Crippen LogP contribution in [0.15, 0.2) is 23.3 Å². The predicted molar refractivity (Wildman–Crippen MR) is 119 cm³/mol. The van der Waals surface area contributed by atoms with E-state index >= 15 is 8.78 Å². The van der Waals surface area contributed by atoms with Crippen molar-refractivity contribution in [3.63, 3.8) is 0 Å².